The summed E-state index contributed by atoms with van der Waals surface area (Å²) in [5.74, 6) is 2.05. The van der Waals surface area contributed by atoms with Crippen molar-refractivity contribution in [3.63, 3.8) is 0 Å². The highest BCUT2D eigenvalue weighted by molar-refractivity contribution is 5.75. The summed E-state index contributed by atoms with van der Waals surface area (Å²) in [6, 6.07) is 5.32. The van der Waals surface area contributed by atoms with Crippen LogP contribution in [0.3, 0.4) is 0 Å². The number of nitrogen functional groups attached to an aromatic ring is 1. The number of nitrogens with zero attached hydrogens (tertiary/aromatic N) is 2. The number of ether oxygens (including phenoxy) is 3. The topological polar surface area (TPSA) is 91.8 Å². The van der Waals surface area contributed by atoms with Gasteiger partial charge in [0.2, 0.25) is 5.75 Å². The van der Waals surface area contributed by atoms with Gasteiger partial charge in [0.1, 0.15) is 5.82 Å². The van der Waals surface area contributed by atoms with E-state index in [-0.39, 0.29) is 6.61 Å². The number of nitrogens with two attached hydrogens (primary N) is 1. The smallest absolute Gasteiger partial charge is 0.203 e. The molecule has 0 aliphatic heterocycles. The van der Waals surface area contributed by atoms with Crippen molar-refractivity contribution in [3.8, 4) is 28.5 Å². The molecule has 1 aromatic heterocycles. The van der Waals surface area contributed by atoms with Crippen LogP contribution in [0, 0.1) is 0 Å². The highest BCUT2D eigenvalue weighted by Crippen LogP contribution is 2.44. The quantitative estimate of drug-likeness (QED) is 0.830. The van der Waals surface area contributed by atoms with E-state index in [0.717, 1.165) is 5.56 Å². The van der Waals surface area contributed by atoms with Gasteiger partial charge in [-0.3, -0.25) is 0 Å². The molecular weight excluding hydrogens is 274 g/mol. The van der Waals surface area contributed by atoms with E-state index in [9.17, 15) is 0 Å². The van der Waals surface area contributed by atoms with E-state index in [4.69, 9.17) is 25.1 Å². The number of aliphatic hydroxyl groups excluding tert-OH is 1. The third kappa shape index (κ3) is 2.73. The second kappa shape index (κ2) is 6.36. The van der Waals surface area contributed by atoms with Gasteiger partial charge in [0.25, 0.3) is 0 Å². The van der Waals surface area contributed by atoms with E-state index in [0.29, 0.717) is 35.3 Å². The van der Waals surface area contributed by atoms with Crippen molar-refractivity contribution in [3.05, 3.63) is 18.2 Å². The zero-order chi connectivity index (χ0) is 15.4. The maximum Gasteiger partial charge on any atom is 0.203 e. The van der Waals surface area contributed by atoms with Crippen molar-refractivity contribution in [2.24, 2.45) is 0 Å². The molecule has 2 rings (SSSR count). The molecule has 21 heavy (non-hydrogen) atoms. The van der Waals surface area contributed by atoms with Gasteiger partial charge in [-0.25, -0.2) is 4.68 Å². The van der Waals surface area contributed by atoms with Crippen molar-refractivity contribution >= 4 is 5.82 Å². The number of hydrogen-bond donors (Lipinski definition) is 2. The summed E-state index contributed by atoms with van der Waals surface area (Å²) in [4.78, 5) is 0. The summed E-state index contributed by atoms with van der Waals surface area (Å²) >= 11 is 0. The van der Waals surface area contributed by atoms with E-state index in [1.54, 1.807) is 33.5 Å². The van der Waals surface area contributed by atoms with Crippen molar-refractivity contribution in [2.45, 2.75) is 6.54 Å². The number of hydrogen-bond acceptors (Lipinski definition) is 6. The van der Waals surface area contributed by atoms with Gasteiger partial charge in [-0.2, -0.15) is 5.10 Å². The maximum atomic E-state index is 9.00. The van der Waals surface area contributed by atoms with Crippen LogP contribution in [0.2, 0.25) is 0 Å². The van der Waals surface area contributed by atoms with Crippen molar-refractivity contribution in [2.75, 3.05) is 33.7 Å². The Labute approximate surface area is 122 Å². The third-order valence-corrected chi connectivity index (χ3v) is 3.10. The summed E-state index contributed by atoms with van der Waals surface area (Å²) < 4.78 is 17.6. The molecule has 2 aromatic rings. The van der Waals surface area contributed by atoms with E-state index in [1.165, 1.54) is 4.68 Å². The molecular formula is C14H19N3O4. The summed E-state index contributed by atoms with van der Waals surface area (Å²) in [5, 5.41) is 13.4. The SMILES string of the molecule is COc1ccc(-c2cc(N)n(CCO)n2)c(OC)c1OC. The summed E-state index contributed by atoms with van der Waals surface area (Å²) in [5.41, 5.74) is 7.25. The van der Waals surface area contributed by atoms with Gasteiger partial charge in [0, 0.05) is 11.6 Å². The van der Waals surface area contributed by atoms with Crippen molar-refractivity contribution in [1.29, 1.82) is 0 Å². The monoisotopic (exact) mass is 293 g/mol. The summed E-state index contributed by atoms with van der Waals surface area (Å²) in [6.45, 7) is 0.301. The molecule has 0 spiro atoms. The standard InChI is InChI=1S/C14H19N3O4/c1-19-11-5-4-9(13(20-2)14(11)21-3)10-8-12(15)17(16-10)6-7-18/h4-5,8,18H,6-7,15H2,1-3H3. The van der Waals surface area contributed by atoms with Gasteiger partial charge in [0.15, 0.2) is 11.5 Å². The molecule has 0 saturated heterocycles. The number of aromatic nitrogens is 2. The molecule has 0 unspecified atom stereocenters. The Morgan fingerprint density at radius 3 is 2.43 bits per heavy atom. The molecule has 7 nitrogen and oxygen atoms in total. The largest absolute Gasteiger partial charge is 0.493 e. The van der Waals surface area contributed by atoms with E-state index in [1.807, 2.05) is 6.07 Å². The number of aliphatic hydroxyl groups is 1. The van der Waals surface area contributed by atoms with E-state index in [2.05, 4.69) is 5.10 Å². The molecule has 114 valence electrons. The first-order chi connectivity index (χ1) is 10.2. The normalized spacial score (nSPS) is 10.5. The second-order valence-electron chi connectivity index (χ2n) is 4.28. The zero-order valence-electron chi connectivity index (χ0n) is 12.3. The minimum absolute atomic E-state index is 0.0333. The lowest BCUT2D eigenvalue weighted by molar-refractivity contribution is 0.270. The van der Waals surface area contributed by atoms with Crippen LogP contribution in [0.1, 0.15) is 0 Å². The lowest BCUT2D eigenvalue weighted by Gasteiger charge is -2.14. The molecule has 7 heteroatoms. The highest BCUT2D eigenvalue weighted by Gasteiger charge is 2.19. The summed E-state index contributed by atoms with van der Waals surface area (Å²) in [6.07, 6.45) is 0. The Kier molecular flexibility index (Phi) is 4.54. The molecule has 1 heterocycles. The average molecular weight is 293 g/mol. The molecule has 0 amide bonds. The van der Waals surface area contributed by atoms with Crippen LogP contribution in [-0.2, 0) is 6.54 Å². The van der Waals surface area contributed by atoms with Gasteiger partial charge in [-0.05, 0) is 12.1 Å². The van der Waals surface area contributed by atoms with Gasteiger partial charge in [-0.1, -0.05) is 0 Å². The van der Waals surface area contributed by atoms with Crippen LogP contribution in [0.4, 0.5) is 5.82 Å². The lowest BCUT2D eigenvalue weighted by Crippen LogP contribution is -2.07. The van der Waals surface area contributed by atoms with Gasteiger partial charge >= 0.3 is 0 Å². The van der Waals surface area contributed by atoms with Crippen LogP contribution in [0.15, 0.2) is 18.2 Å². The van der Waals surface area contributed by atoms with Gasteiger partial charge in [0.05, 0.1) is 40.2 Å². The van der Waals surface area contributed by atoms with Crippen LogP contribution in [0.5, 0.6) is 17.2 Å². The Morgan fingerprint density at radius 2 is 1.86 bits per heavy atom. The van der Waals surface area contributed by atoms with Gasteiger partial charge < -0.3 is 25.1 Å². The third-order valence-electron chi connectivity index (χ3n) is 3.10. The maximum absolute atomic E-state index is 9.00. The average Bonchev–Trinajstić information content (AvgIpc) is 2.86. The van der Waals surface area contributed by atoms with Crippen molar-refractivity contribution < 1.29 is 19.3 Å². The summed E-state index contributed by atoms with van der Waals surface area (Å²) in [7, 11) is 4.66. The van der Waals surface area contributed by atoms with E-state index < -0.39 is 0 Å². The fourth-order valence-electron chi connectivity index (χ4n) is 2.14. The second-order valence-corrected chi connectivity index (χ2v) is 4.28. The Bertz CT molecular complexity index is 625. The fourth-order valence-corrected chi connectivity index (χ4v) is 2.14. The van der Waals surface area contributed by atoms with Crippen LogP contribution in [0.25, 0.3) is 11.3 Å². The van der Waals surface area contributed by atoms with Crippen LogP contribution >= 0.6 is 0 Å². The molecule has 0 fully saturated rings. The van der Waals surface area contributed by atoms with Gasteiger partial charge in [-0.15, -0.1) is 0 Å². The van der Waals surface area contributed by atoms with Crippen molar-refractivity contribution in [1.82, 2.24) is 9.78 Å². The molecule has 3 N–H and O–H groups in total. The number of anilines is 1. The first-order valence-corrected chi connectivity index (χ1v) is 6.39. The number of benzene rings is 1. The fraction of sp³-hybridized carbons (Fsp3) is 0.357. The van der Waals surface area contributed by atoms with E-state index >= 15 is 0 Å². The molecule has 0 radical (unpaired) electrons. The highest BCUT2D eigenvalue weighted by atomic mass is 16.5. The predicted octanol–water partition coefficient (Wildman–Crippen LogP) is 1.15. The first-order valence-electron chi connectivity index (χ1n) is 6.39. The number of methoxy groups -OCH3 is 3. The molecule has 0 aliphatic carbocycles. The molecule has 0 saturated carbocycles. The molecule has 0 aliphatic rings. The predicted molar refractivity (Wildman–Crippen MR) is 78.8 cm³/mol. The minimum Gasteiger partial charge on any atom is -0.493 e. The molecule has 0 bridgehead atoms. The zero-order valence-corrected chi connectivity index (χ0v) is 12.3. The van der Waals surface area contributed by atoms with Crippen LogP contribution < -0.4 is 19.9 Å². The lowest BCUT2D eigenvalue weighted by atomic mass is 10.1. The minimum atomic E-state index is -0.0333. The van der Waals surface area contributed by atoms with Crippen LogP contribution in [-0.4, -0.2) is 42.8 Å². The Morgan fingerprint density at radius 1 is 1.14 bits per heavy atom. The first kappa shape index (κ1) is 15.0. The number of rotatable bonds is 6. The Balaban J connectivity index is 2.55. The molecule has 0 atom stereocenters. The molecule has 1 aromatic carbocycles. The Hall–Kier alpha value is -2.41.